The van der Waals surface area contributed by atoms with Crippen molar-refractivity contribution in [2.75, 3.05) is 13.1 Å². The minimum absolute atomic E-state index is 0. The van der Waals surface area contributed by atoms with Crippen LogP contribution >= 0.6 is 12.4 Å². The number of amides is 1. The molecule has 1 amide bonds. The number of rotatable bonds is 0. The van der Waals surface area contributed by atoms with Crippen LogP contribution in [-0.2, 0) is 4.74 Å². The number of likely N-dealkylation sites (tertiary alicyclic amines) is 1. The zero-order valence-corrected chi connectivity index (χ0v) is 10.1. The monoisotopic (exact) mass is 238 g/mol. The smallest absolute Gasteiger partial charge is 0.410 e. The molecular weight excluding hydrogens is 220 g/mol. The molecule has 0 saturated carbocycles. The lowest BCUT2D eigenvalue weighted by Crippen LogP contribution is -2.36. The molecule has 5 nitrogen and oxygen atoms in total. The van der Waals surface area contributed by atoms with Crippen LogP contribution in [0.4, 0.5) is 4.79 Å². The summed E-state index contributed by atoms with van der Waals surface area (Å²) >= 11 is 0. The fourth-order valence-electron chi connectivity index (χ4n) is 1.29. The maximum atomic E-state index is 11.5. The number of halogens is 1. The van der Waals surface area contributed by atoms with Crippen LogP contribution in [0.25, 0.3) is 0 Å². The summed E-state index contributed by atoms with van der Waals surface area (Å²) in [6.45, 7) is 6.03. The Kier molecular flexibility index (Phi) is 4.83. The summed E-state index contributed by atoms with van der Waals surface area (Å²) in [6.07, 6.45) is -1.05. The molecular formula is C9H19ClN2O3. The second kappa shape index (κ2) is 5.01. The molecule has 3 N–H and O–H groups in total. The Morgan fingerprint density at radius 1 is 1.47 bits per heavy atom. The summed E-state index contributed by atoms with van der Waals surface area (Å²) in [5.74, 6) is 0. The predicted molar refractivity (Wildman–Crippen MR) is 59.0 cm³/mol. The lowest BCUT2D eigenvalue weighted by Gasteiger charge is -2.24. The van der Waals surface area contributed by atoms with Crippen LogP contribution in [0.2, 0.25) is 0 Å². The standard InChI is InChI=1S/C9H18N2O3.ClH/c1-9(2,3)14-8(13)11-4-6(10)7(12)5-11;/h6-7,12H,4-5,10H2,1-3H3;1H/t6-,7+;/m0./s1. The summed E-state index contributed by atoms with van der Waals surface area (Å²) in [6, 6.07) is -0.359. The summed E-state index contributed by atoms with van der Waals surface area (Å²) in [4.78, 5) is 12.9. The number of hydrogen-bond donors (Lipinski definition) is 2. The average Bonchev–Trinajstić information content (AvgIpc) is 2.28. The van der Waals surface area contributed by atoms with E-state index in [9.17, 15) is 9.90 Å². The quantitative estimate of drug-likeness (QED) is 0.639. The third kappa shape index (κ3) is 4.24. The van der Waals surface area contributed by atoms with E-state index in [0.29, 0.717) is 6.54 Å². The molecule has 0 bridgehead atoms. The molecule has 0 aromatic rings. The van der Waals surface area contributed by atoms with Gasteiger partial charge in [0.25, 0.3) is 0 Å². The van der Waals surface area contributed by atoms with Gasteiger partial charge in [-0.3, -0.25) is 0 Å². The molecule has 6 heteroatoms. The zero-order chi connectivity index (χ0) is 10.9. The fraction of sp³-hybridized carbons (Fsp3) is 0.889. The minimum atomic E-state index is -0.637. The lowest BCUT2D eigenvalue weighted by molar-refractivity contribution is 0.0270. The van der Waals surface area contributed by atoms with Gasteiger partial charge in [0.15, 0.2) is 0 Å². The van der Waals surface area contributed by atoms with Crippen LogP contribution in [0.15, 0.2) is 0 Å². The third-order valence-corrected chi connectivity index (χ3v) is 1.98. The summed E-state index contributed by atoms with van der Waals surface area (Å²) in [5, 5.41) is 9.34. The molecule has 1 heterocycles. The van der Waals surface area contributed by atoms with Gasteiger partial charge in [0.2, 0.25) is 0 Å². The lowest BCUT2D eigenvalue weighted by atomic mass is 10.2. The molecule has 2 atom stereocenters. The van der Waals surface area contributed by atoms with Crippen LogP contribution in [0.5, 0.6) is 0 Å². The van der Waals surface area contributed by atoms with Gasteiger partial charge in [0, 0.05) is 6.54 Å². The first-order chi connectivity index (χ1) is 6.29. The fourth-order valence-corrected chi connectivity index (χ4v) is 1.29. The average molecular weight is 239 g/mol. The van der Waals surface area contributed by atoms with Gasteiger partial charge in [-0.1, -0.05) is 0 Å². The Hall–Kier alpha value is -0.520. The van der Waals surface area contributed by atoms with Crippen molar-refractivity contribution >= 4 is 18.5 Å². The maximum absolute atomic E-state index is 11.5. The van der Waals surface area contributed by atoms with Crippen molar-refractivity contribution in [3.63, 3.8) is 0 Å². The Morgan fingerprint density at radius 3 is 2.33 bits per heavy atom. The number of β-amino-alcohol motifs (C(OH)–C–C–N with tert-alkyl or cyclic N) is 1. The first-order valence-corrected chi connectivity index (χ1v) is 4.71. The molecule has 1 fully saturated rings. The summed E-state index contributed by atoms with van der Waals surface area (Å²) in [5.41, 5.74) is 5.07. The van der Waals surface area contributed by atoms with E-state index in [1.165, 1.54) is 4.90 Å². The SMILES string of the molecule is CC(C)(C)OC(=O)N1C[C@@H](O)[C@@H](N)C1.Cl. The molecule has 1 rings (SSSR count). The van der Waals surface area contributed by atoms with Gasteiger partial charge < -0.3 is 20.5 Å². The molecule has 0 unspecified atom stereocenters. The van der Waals surface area contributed by atoms with Gasteiger partial charge in [-0.05, 0) is 20.8 Å². The molecule has 0 aromatic carbocycles. The van der Waals surface area contributed by atoms with Crippen molar-refractivity contribution in [3.8, 4) is 0 Å². The molecule has 1 saturated heterocycles. The Bertz CT molecular complexity index is 220. The number of nitrogens with two attached hydrogens (primary N) is 1. The van der Waals surface area contributed by atoms with Crippen LogP contribution < -0.4 is 5.73 Å². The third-order valence-electron chi connectivity index (χ3n) is 1.98. The molecule has 0 radical (unpaired) electrons. The number of nitrogens with zero attached hydrogens (tertiary/aromatic N) is 1. The Labute approximate surface area is 96.0 Å². The molecule has 1 aliphatic heterocycles. The van der Waals surface area contributed by atoms with E-state index in [-0.39, 0.29) is 25.0 Å². The number of aliphatic hydroxyl groups excluding tert-OH is 1. The molecule has 0 aliphatic carbocycles. The first kappa shape index (κ1) is 14.5. The van der Waals surface area contributed by atoms with Gasteiger partial charge in [-0.2, -0.15) is 0 Å². The predicted octanol–water partition coefficient (Wildman–Crippen LogP) is 0.347. The number of carbonyl (C=O) groups is 1. The van der Waals surface area contributed by atoms with Crippen molar-refractivity contribution in [2.45, 2.75) is 38.5 Å². The first-order valence-electron chi connectivity index (χ1n) is 4.71. The summed E-state index contributed by atoms with van der Waals surface area (Å²) in [7, 11) is 0. The Balaban J connectivity index is 0.00000196. The van der Waals surface area contributed by atoms with Crippen molar-refractivity contribution in [3.05, 3.63) is 0 Å². The zero-order valence-electron chi connectivity index (χ0n) is 9.27. The van der Waals surface area contributed by atoms with Crippen LogP contribution in [0.1, 0.15) is 20.8 Å². The summed E-state index contributed by atoms with van der Waals surface area (Å²) < 4.78 is 5.14. The van der Waals surface area contributed by atoms with Crippen LogP contribution in [0, 0.1) is 0 Å². The molecule has 0 aromatic heterocycles. The van der Waals surface area contributed by atoms with E-state index in [2.05, 4.69) is 0 Å². The maximum Gasteiger partial charge on any atom is 0.410 e. The highest BCUT2D eigenvalue weighted by Crippen LogP contribution is 2.14. The van der Waals surface area contributed by atoms with E-state index in [1.807, 2.05) is 0 Å². The van der Waals surface area contributed by atoms with Crippen LogP contribution in [-0.4, -0.2) is 46.9 Å². The van der Waals surface area contributed by atoms with Gasteiger partial charge in [-0.25, -0.2) is 4.79 Å². The highest BCUT2D eigenvalue weighted by Gasteiger charge is 2.33. The van der Waals surface area contributed by atoms with Gasteiger partial charge >= 0.3 is 6.09 Å². The topological polar surface area (TPSA) is 75.8 Å². The van der Waals surface area contributed by atoms with Crippen molar-refractivity contribution in [2.24, 2.45) is 5.73 Å². The molecule has 15 heavy (non-hydrogen) atoms. The van der Waals surface area contributed by atoms with Crippen molar-refractivity contribution in [1.29, 1.82) is 0 Å². The normalized spacial score (nSPS) is 26.1. The number of ether oxygens (including phenoxy) is 1. The number of carbonyl (C=O) groups excluding carboxylic acids is 1. The molecule has 0 spiro atoms. The molecule has 90 valence electrons. The van der Waals surface area contributed by atoms with E-state index < -0.39 is 17.8 Å². The van der Waals surface area contributed by atoms with Crippen molar-refractivity contribution in [1.82, 2.24) is 4.90 Å². The highest BCUT2D eigenvalue weighted by atomic mass is 35.5. The highest BCUT2D eigenvalue weighted by molar-refractivity contribution is 5.85. The largest absolute Gasteiger partial charge is 0.444 e. The van der Waals surface area contributed by atoms with Gasteiger partial charge in [0.05, 0.1) is 18.7 Å². The van der Waals surface area contributed by atoms with E-state index in [4.69, 9.17) is 10.5 Å². The van der Waals surface area contributed by atoms with E-state index in [1.54, 1.807) is 20.8 Å². The molecule has 1 aliphatic rings. The van der Waals surface area contributed by atoms with E-state index >= 15 is 0 Å². The number of hydrogen-bond acceptors (Lipinski definition) is 4. The van der Waals surface area contributed by atoms with Gasteiger partial charge in [0.1, 0.15) is 5.60 Å². The second-order valence-electron chi connectivity index (χ2n) is 4.62. The minimum Gasteiger partial charge on any atom is -0.444 e. The number of aliphatic hydroxyl groups is 1. The van der Waals surface area contributed by atoms with Crippen LogP contribution in [0.3, 0.4) is 0 Å². The van der Waals surface area contributed by atoms with Gasteiger partial charge in [-0.15, -0.1) is 12.4 Å². The van der Waals surface area contributed by atoms with Crippen molar-refractivity contribution < 1.29 is 14.6 Å². The Morgan fingerprint density at radius 2 is 2.00 bits per heavy atom. The van der Waals surface area contributed by atoms with E-state index in [0.717, 1.165) is 0 Å². The second-order valence-corrected chi connectivity index (χ2v) is 4.62.